The van der Waals surface area contributed by atoms with E-state index in [9.17, 15) is 14.4 Å². The van der Waals surface area contributed by atoms with Crippen molar-refractivity contribution in [1.82, 2.24) is 15.1 Å². The van der Waals surface area contributed by atoms with E-state index in [1.165, 1.54) is 29.3 Å². The summed E-state index contributed by atoms with van der Waals surface area (Å²) >= 11 is 1.45. The number of hydrogen-bond donors (Lipinski definition) is 1. The number of aromatic nitrogens is 2. The molecule has 0 aliphatic rings. The molecule has 1 unspecified atom stereocenters. The third kappa shape index (κ3) is 3.97. The Morgan fingerprint density at radius 3 is 2.81 bits per heavy atom. The number of thiophene rings is 1. The van der Waals surface area contributed by atoms with Crippen LogP contribution < -0.4 is 10.7 Å². The summed E-state index contributed by atoms with van der Waals surface area (Å²) < 4.78 is 6.18. The van der Waals surface area contributed by atoms with Gasteiger partial charge in [-0.2, -0.15) is 5.10 Å². The molecule has 134 valence electrons. The first kappa shape index (κ1) is 17.8. The first-order valence-electron chi connectivity index (χ1n) is 7.93. The Balaban J connectivity index is 1.80. The smallest absolute Gasteiger partial charge is 0.307 e. The van der Waals surface area contributed by atoms with Crippen molar-refractivity contribution in [1.29, 1.82) is 0 Å². The molecule has 3 aromatic rings. The molecule has 2 aromatic heterocycles. The van der Waals surface area contributed by atoms with Crippen molar-refractivity contribution in [3.05, 3.63) is 63.1 Å². The number of carbonyl (C=O) groups is 2. The molecule has 0 aliphatic heterocycles. The SMILES string of the molecule is COC(=O)CC(NC(=O)Cn1ncc(=O)c2ccccc21)c1cccs1. The number of fused-ring (bicyclic) bond motifs is 1. The van der Waals surface area contributed by atoms with Crippen LogP contribution >= 0.6 is 11.3 Å². The first-order chi connectivity index (χ1) is 12.6. The van der Waals surface area contributed by atoms with Crippen molar-refractivity contribution in [2.24, 2.45) is 0 Å². The summed E-state index contributed by atoms with van der Waals surface area (Å²) in [6, 6.07) is 10.2. The maximum absolute atomic E-state index is 12.5. The van der Waals surface area contributed by atoms with Gasteiger partial charge < -0.3 is 10.1 Å². The van der Waals surface area contributed by atoms with Gasteiger partial charge in [-0.15, -0.1) is 11.3 Å². The molecule has 1 atom stereocenters. The molecular formula is C18H17N3O4S. The molecule has 0 fully saturated rings. The van der Waals surface area contributed by atoms with Gasteiger partial charge in [0.25, 0.3) is 0 Å². The van der Waals surface area contributed by atoms with Crippen LogP contribution in [0.3, 0.4) is 0 Å². The van der Waals surface area contributed by atoms with Crippen LogP contribution in [0.25, 0.3) is 10.9 Å². The molecule has 7 nitrogen and oxygen atoms in total. The molecule has 26 heavy (non-hydrogen) atoms. The minimum Gasteiger partial charge on any atom is -0.469 e. The summed E-state index contributed by atoms with van der Waals surface area (Å²) in [5, 5.41) is 9.27. The van der Waals surface area contributed by atoms with Crippen LogP contribution in [0.15, 0.2) is 52.8 Å². The standard InChI is InChI=1S/C18H17N3O4S/c1-25-18(24)9-13(16-7-4-8-26-16)20-17(23)11-21-14-6-3-2-5-12(14)15(22)10-19-21/h2-8,10,13H,9,11H2,1H3,(H,20,23). The van der Waals surface area contributed by atoms with Crippen LogP contribution in [0, 0.1) is 0 Å². The van der Waals surface area contributed by atoms with E-state index >= 15 is 0 Å². The molecule has 0 saturated carbocycles. The number of amides is 1. The zero-order chi connectivity index (χ0) is 18.5. The van der Waals surface area contributed by atoms with E-state index in [1.54, 1.807) is 24.3 Å². The van der Waals surface area contributed by atoms with Crippen LogP contribution in [-0.4, -0.2) is 28.8 Å². The van der Waals surface area contributed by atoms with Crippen molar-refractivity contribution in [3.63, 3.8) is 0 Å². The summed E-state index contributed by atoms with van der Waals surface area (Å²) in [4.78, 5) is 36.9. The highest BCUT2D eigenvalue weighted by molar-refractivity contribution is 7.10. The lowest BCUT2D eigenvalue weighted by atomic mass is 10.1. The summed E-state index contributed by atoms with van der Waals surface area (Å²) in [5.41, 5.74) is 0.384. The predicted octanol–water partition coefficient (Wildman–Crippen LogP) is 1.88. The number of hydrogen-bond acceptors (Lipinski definition) is 6. The summed E-state index contributed by atoms with van der Waals surface area (Å²) in [6.07, 6.45) is 1.24. The van der Waals surface area contributed by atoms with E-state index in [1.807, 2.05) is 17.5 Å². The minimum absolute atomic E-state index is 0.0428. The molecule has 0 saturated heterocycles. The van der Waals surface area contributed by atoms with Gasteiger partial charge in [0.2, 0.25) is 11.3 Å². The second-order valence-corrected chi connectivity index (χ2v) is 6.58. The second-order valence-electron chi connectivity index (χ2n) is 5.60. The number of benzene rings is 1. The molecule has 0 spiro atoms. The van der Waals surface area contributed by atoms with Crippen molar-refractivity contribution < 1.29 is 14.3 Å². The van der Waals surface area contributed by atoms with Gasteiger partial charge in [-0.05, 0) is 23.6 Å². The van der Waals surface area contributed by atoms with E-state index in [4.69, 9.17) is 4.74 Å². The molecule has 0 aliphatic carbocycles. The molecule has 8 heteroatoms. The lowest BCUT2D eigenvalue weighted by Crippen LogP contribution is -2.33. The lowest BCUT2D eigenvalue weighted by Gasteiger charge is -2.17. The van der Waals surface area contributed by atoms with E-state index in [0.29, 0.717) is 10.9 Å². The van der Waals surface area contributed by atoms with E-state index in [0.717, 1.165) is 4.88 Å². The Bertz CT molecular complexity index is 982. The fraction of sp³-hybridized carbons (Fsp3) is 0.222. The molecule has 1 N–H and O–H groups in total. The van der Waals surface area contributed by atoms with Gasteiger partial charge in [0.1, 0.15) is 6.54 Å². The first-order valence-corrected chi connectivity index (χ1v) is 8.81. The van der Waals surface area contributed by atoms with Gasteiger partial charge in [0.05, 0.1) is 31.3 Å². The van der Waals surface area contributed by atoms with Crippen LogP contribution in [-0.2, 0) is 20.9 Å². The van der Waals surface area contributed by atoms with E-state index < -0.39 is 12.0 Å². The fourth-order valence-corrected chi connectivity index (χ4v) is 3.40. The number of nitrogens with zero attached hydrogens (tertiary/aromatic N) is 2. The molecule has 3 rings (SSSR count). The Hall–Kier alpha value is -3.00. The number of carbonyl (C=O) groups excluding carboxylic acids is 2. The molecule has 1 amide bonds. The van der Waals surface area contributed by atoms with Crippen molar-refractivity contribution in [2.45, 2.75) is 19.0 Å². The largest absolute Gasteiger partial charge is 0.469 e. The monoisotopic (exact) mass is 371 g/mol. The minimum atomic E-state index is -0.472. The van der Waals surface area contributed by atoms with Gasteiger partial charge >= 0.3 is 5.97 Å². The number of ether oxygens (including phenoxy) is 1. The Labute approximate surface area is 153 Å². The highest BCUT2D eigenvalue weighted by atomic mass is 32.1. The maximum Gasteiger partial charge on any atom is 0.307 e. The molecule has 0 bridgehead atoms. The van der Waals surface area contributed by atoms with Crippen LogP contribution in [0.2, 0.25) is 0 Å². The number of para-hydroxylation sites is 1. The van der Waals surface area contributed by atoms with Crippen LogP contribution in [0.4, 0.5) is 0 Å². The van der Waals surface area contributed by atoms with Crippen molar-refractivity contribution in [3.8, 4) is 0 Å². The average molecular weight is 371 g/mol. The zero-order valence-corrected chi connectivity index (χ0v) is 14.9. The van der Waals surface area contributed by atoms with Crippen molar-refractivity contribution >= 4 is 34.1 Å². The van der Waals surface area contributed by atoms with Crippen LogP contribution in [0.5, 0.6) is 0 Å². The summed E-state index contributed by atoms with van der Waals surface area (Å²) in [6.45, 7) is -0.0656. The quantitative estimate of drug-likeness (QED) is 0.668. The van der Waals surface area contributed by atoms with E-state index in [2.05, 4.69) is 10.4 Å². The second kappa shape index (κ2) is 7.92. The predicted molar refractivity (Wildman–Crippen MR) is 97.8 cm³/mol. The van der Waals surface area contributed by atoms with Crippen molar-refractivity contribution in [2.75, 3.05) is 7.11 Å². The molecule has 0 radical (unpaired) electrons. The van der Waals surface area contributed by atoms with Gasteiger partial charge in [-0.1, -0.05) is 18.2 Å². The summed E-state index contributed by atoms with van der Waals surface area (Å²) in [5.74, 6) is -0.718. The van der Waals surface area contributed by atoms with Gasteiger partial charge in [-0.25, -0.2) is 0 Å². The average Bonchev–Trinajstić information content (AvgIpc) is 3.18. The molecule has 1 aromatic carbocycles. The third-order valence-corrected chi connectivity index (χ3v) is 4.86. The highest BCUT2D eigenvalue weighted by Crippen LogP contribution is 2.22. The number of esters is 1. The maximum atomic E-state index is 12.5. The molecular weight excluding hydrogens is 354 g/mol. The normalized spacial score (nSPS) is 11.9. The number of nitrogens with one attached hydrogen (secondary N) is 1. The Kier molecular flexibility index (Phi) is 5.43. The summed E-state index contributed by atoms with van der Waals surface area (Å²) in [7, 11) is 1.31. The lowest BCUT2D eigenvalue weighted by molar-refractivity contribution is -0.141. The highest BCUT2D eigenvalue weighted by Gasteiger charge is 2.20. The number of rotatable bonds is 6. The molecule has 2 heterocycles. The van der Waals surface area contributed by atoms with Crippen LogP contribution in [0.1, 0.15) is 17.3 Å². The number of methoxy groups -OCH3 is 1. The Morgan fingerprint density at radius 1 is 1.27 bits per heavy atom. The van der Waals surface area contributed by atoms with E-state index in [-0.39, 0.29) is 24.3 Å². The topological polar surface area (TPSA) is 90.3 Å². The van der Waals surface area contributed by atoms with Gasteiger partial charge in [-0.3, -0.25) is 19.1 Å². The van der Waals surface area contributed by atoms with Gasteiger partial charge in [0, 0.05) is 10.3 Å². The Morgan fingerprint density at radius 2 is 2.08 bits per heavy atom. The third-order valence-electron chi connectivity index (χ3n) is 3.88. The fourth-order valence-electron chi connectivity index (χ4n) is 2.63. The zero-order valence-electron chi connectivity index (χ0n) is 14.0. The van der Waals surface area contributed by atoms with Gasteiger partial charge in [0.15, 0.2) is 0 Å².